The zero-order chi connectivity index (χ0) is 11.7. The minimum Gasteiger partial charge on any atom is -0.450 e. The highest BCUT2D eigenvalue weighted by molar-refractivity contribution is 6.67. The van der Waals surface area contributed by atoms with Crippen molar-refractivity contribution in [2.45, 2.75) is 25.9 Å². The number of hydrogen-bond acceptors (Lipinski definition) is 4. The summed E-state index contributed by atoms with van der Waals surface area (Å²) in [4.78, 5) is 11.0. The smallest absolute Gasteiger partial charge is 0.407 e. The minimum atomic E-state index is -2.08. The Morgan fingerprint density at radius 1 is 1.27 bits per heavy atom. The Kier molecular flexibility index (Phi) is 7.36. The van der Waals surface area contributed by atoms with Crippen LogP contribution in [0.3, 0.4) is 0 Å². The van der Waals surface area contributed by atoms with Gasteiger partial charge in [-0.2, -0.15) is 0 Å². The molecule has 0 fully saturated rings. The Bertz CT molecular complexity index is 177. The molecular formula is C9H21NO4Si. The van der Waals surface area contributed by atoms with Gasteiger partial charge in [0.05, 0.1) is 6.61 Å². The Morgan fingerprint density at radius 2 is 1.87 bits per heavy atom. The average Bonchev–Trinajstić information content (AvgIpc) is 2.25. The third-order valence-electron chi connectivity index (χ3n) is 2.33. The van der Waals surface area contributed by atoms with E-state index in [0.29, 0.717) is 13.2 Å². The third-order valence-corrected chi connectivity index (χ3v) is 5.91. The molecule has 15 heavy (non-hydrogen) atoms. The fourth-order valence-electron chi connectivity index (χ4n) is 1.29. The van der Waals surface area contributed by atoms with E-state index in [1.54, 1.807) is 21.1 Å². The van der Waals surface area contributed by atoms with Crippen LogP contribution in [0.5, 0.6) is 0 Å². The molecule has 0 unspecified atom stereocenters. The topological polar surface area (TPSA) is 56.8 Å². The molecule has 1 amide bonds. The van der Waals surface area contributed by atoms with E-state index in [4.69, 9.17) is 13.6 Å². The zero-order valence-corrected chi connectivity index (χ0v) is 11.0. The van der Waals surface area contributed by atoms with E-state index in [0.717, 1.165) is 12.1 Å². The second-order valence-electron chi connectivity index (χ2n) is 3.07. The van der Waals surface area contributed by atoms with Gasteiger partial charge in [0.1, 0.15) is 0 Å². The van der Waals surface area contributed by atoms with Gasteiger partial charge in [-0.25, -0.2) is 4.79 Å². The summed E-state index contributed by atoms with van der Waals surface area (Å²) in [5.74, 6) is 0. The van der Waals surface area contributed by atoms with E-state index >= 15 is 0 Å². The number of alkyl carbamates (subject to hydrolysis) is 1. The normalized spacial score (nSPS) is 11.2. The Labute approximate surface area is 92.3 Å². The Morgan fingerprint density at radius 3 is 2.27 bits per heavy atom. The number of nitrogens with one attached hydrogen (secondary N) is 1. The van der Waals surface area contributed by atoms with Crippen molar-refractivity contribution in [3.63, 3.8) is 0 Å². The molecule has 0 bridgehead atoms. The number of carbonyl (C=O) groups excluding carboxylic acids is 1. The van der Waals surface area contributed by atoms with Gasteiger partial charge in [-0.15, -0.1) is 0 Å². The van der Waals surface area contributed by atoms with E-state index in [9.17, 15) is 4.79 Å². The summed E-state index contributed by atoms with van der Waals surface area (Å²) in [7, 11) is 1.24. The average molecular weight is 235 g/mol. The number of ether oxygens (including phenoxy) is 1. The summed E-state index contributed by atoms with van der Waals surface area (Å²) in [5.41, 5.74) is 0. The van der Waals surface area contributed by atoms with Crippen molar-refractivity contribution in [2.75, 3.05) is 27.4 Å². The van der Waals surface area contributed by atoms with Crippen LogP contribution in [-0.2, 0) is 13.6 Å². The van der Waals surface area contributed by atoms with Gasteiger partial charge in [-0.05, 0) is 13.0 Å². The van der Waals surface area contributed by atoms with Crippen LogP contribution in [0.25, 0.3) is 0 Å². The summed E-state index contributed by atoms with van der Waals surface area (Å²) in [6.07, 6.45) is -0.385. The third kappa shape index (κ3) is 5.15. The van der Waals surface area contributed by atoms with Crippen LogP contribution in [0.4, 0.5) is 4.79 Å². The first kappa shape index (κ1) is 14.4. The molecule has 90 valence electrons. The van der Waals surface area contributed by atoms with Crippen molar-refractivity contribution in [1.29, 1.82) is 0 Å². The summed E-state index contributed by atoms with van der Waals surface area (Å²) in [6.45, 7) is 4.72. The van der Waals surface area contributed by atoms with Crippen LogP contribution in [0.2, 0.25) is 12.1 Å². The molecule has 0 aliphatic rings. The lowest BCUT2D eigenvalue weighted by Gasteiger charge is -2.25. The van der Waals surface area contributed by atoms with Crippen LogP contribution in [-0.4, -0.2) is 42.0 Å². The van der Waals surface area contributed by atoms with Crippen molar-refractivity contribution in [3.05, 3.63) is 0 Å². The summed E-state index contributed by atoms with van der Waals surface area (Å²) in [5, 5.41) is 2.66. The largest absolute Gasteiger partial charge is 0.450 e. The number of amides is 1. The molecule has 0 aromatic rings. The molecule has 0 radical (unpaired) electrons. The molecule has 0 aromatic heterocycles. The molecule has 0 aliphatic carbocycles. The van der Waals surface area contributed by atoms with Gasteiger partial charge >= 0.3 is 14.7 Å². The number of carbonyl (C=O) groups is 1. The van der Waals surface area contributed by atoms with E-state index in [1.807, 2.05) is 6.92 Å². The van der Waals surface area contributed by atoms with Gasteiger partial charge in [0, 0.05) is 26.8 Å². The van der Waals surface area contributed by atoms with Crippen LogP contribution < -0.4 is 5.32 Å². The number of hydrogen-bond donors (Lipinski definition) is 1. The molecule has 0 heterocycles. The highest BCUT2D eigenvalue weighted by Crippen LogP contribution is 2.15. The standard InChI is InChI=1S/C9H21NO4Si/c1-5-14-9(11)10-7-8-15(6-2,12-3)13-4/h5-8H2,1-4H3,(H,10,11). The second kappa shape index (κ2) is 7.67. The molecule has 5 nitrogen and oxygen atoms in total. The first-order valence-electron chi connectivity index (χ1n) is 5.15. The first-order valence-corrected chi connectivity index (χ1v) is 7.38. The molecule has 0 saturated carbocycles. The molecule has 0 spiro atoms. The van der Waals surface area contributed by atoms with Crippen molar-refractivity contribution in [2.24, 2.45) is 0 Å². The lowest BCUT2D eigenvalue weighted by molar-refractivity contribution is 0.152. The molecule has 0 saturated heterocycles. The fourth-order valence-corrected chi connectivity index (χ4v) is 3.30. The van der Waals surface area contributed by atoms with E-state index in [-0.39, 0.29) is 6.09 Å². The van der Waals surface area contributed by atoms with Gasteiger partial charge in [-0.3, -0.25) is 0 Å². The highest BCUT2D eigenvalue weighted by atomic mass is 28.4. The number of rotatable bonds is 7. The van der Waals surface area contributed by atoms with E-state index in [2.05, 4.69) is 5.32 Å². The lowest BCUT2D eigenvalue weighted by Crippen LogP contribution is -2.42. The summed E-state index contributed by atoms with van der Waals surface area (Å²) in [6, 6.07) is 1.60. The van der Waals surface area contributed by atoms with Crippen molar-refractivity contribution < 1.29 is 18.4 Å². The second-order valence-corrected chi connectivity index (χ2v) is 6.91. The molecule has 0 rings (SSSR count). The maximum absolute atomic E-state index is 11.0. The highest BCUT2D eigenvalue weighted by Gasteiger charge is 2.32. The van der Waals surface area contributed by atoms with E-state index < -0.39 is 8.56 Å². The van der Waals surface area contributed by atoms with Crippen LogP contribution in [0, 0.1) is 0 Å². The van der Waals surface area contributed by atoms with Gasteiger partial charge in [0.15, 0.2) is 0 Å². The molecule has 0 aliphatic heterocycles. The van der Waals surface area contributed by atoms with Gasteiger partial charge in [-0.1, -0.05) is 6.92 Å². The van der Waals surface area contributed by atoms with Gasteiger partial charge in [0.2, 0.25) is 0 Å². The minimum absolute atomic E-state index is 0.385. The molecule has 1 N–H and O–H groups in total. The first-order chi connectivity index (χ1) is 7.14. The molecule has 0 aromatic carbocycles. The predicted molar refractivity (Wildman–Crippen MR) is 60.1 cm³/mol. The van der Waals surface area contributed by atoms with Crippen molar-refractivity contribution >= 4 is 14.7 Å². The van der Waals surface area contributed by atoms with Crippen LogP contribution >= 0.6 is 0 Å². The zero-order valence-electron chi connectivity index (χ0n) is 9.96. The summed E-state index contributed by atoms with van der Waals surface area (Å²) >= 11 is 0. The van der Waals surface area contributed by atoms with Crippen molar-refractivity contribution in [3.8, 4) is 0 Å². The SMILES string of the molecule is CCOC(=O)NCC[Si](CC)(OC)OC. The molecule has 0 atom stereocenters. The van der Waals surface area contributed by atoms with Crippen molar-refractivity contribution in [1.82, 2.24) is 5.32 Å². The predicted octanol–water partition coefficient (Wildman–Crippen LogP) is 1.49. The monoisotopic (exact) mass is 235 g/mol. The maximum atomic E-state index is 11.0. The van der Waals surface area contributed by atoms with Gasteiger partial charge < -0.3 is 18.9 Å². The molecule has 6 heteroatoms. The van der Waals surface area contributed by atoms with Gasteiger partial charge in [0.25, 0.3) is 0 Å². The Hall–Kier alpha value is -0.593. The fraction of sp³-hybridized carbons (Fsp3) is 0.889. The summed E-state index contributed by atoms with van der Waals surface area (Å²) < 4.78 is 15.5. The quantitative estimate of drug-likeness (QED) is 0.679. The van der Waals surface area contributed by atoms with Crippen LogP contribution in [0.1, 0.15) is 13.8 Å². The van der Waals surface area contributed by atoms with Crippen LogP contribution in [0.15, 0.2) is 0 Å². The Balaban J connectivity index is 3.85. The lowest BCUT2D eigenvalue weighted by atomic mass is 10.7. The van der Waals surface area contributed by atoms with E-state index in [1.165, 1.54) is 0 Å². The molecular weight excluding hydrogens is 214 g/mol. The maximum Gasteiger partial charge on any atom is 0.407 e.